The van der Waals surface area contributed by atoms with E-state index >= 15 is 0 Å². The first-order valence-corrected chi connectivity index (χ1v) is 10.9. The molecule has 30 heavy (non-hydrogen) atoms. The predicted octanol–water partition coefficient (Wildman–Crippen LogP) is 4.60. The van der Waals surface area contributed by atoms with Gasteiger partial charge < -0.3 is 9.47 Å². The molecule has 0 N–H and O–H groups in total. The molecule has 0 unspecified atom stereocenters. The quantitative estimate of drug-likeness (QED) is 0.686. The minimum Gasteiger partial charge on any atom is -0.495 e. The smallest absolute Gasteiger partial charge is 0.186 e. The first-order chi connectivity index (χ1) is 14.6. The normalized spacial score (nSPS) is 26.0. The Labute approximate surface area is 181 Å². The highest BCUT2D eigenvalue weighted by molar-refractivity contribution is 7.99. The van der Waals surface area contributed by atoms with Gasteiger partial charge in [0.05, 0.1) is 36.8 Å². The number of benzene rings is 1. The van der Waals surface area contributed by atoms with E-state index in [1.54, 1.807) is 11.8 Å². The summed E-state index contributed by atoms with van der Waals surface area (Å²) >= 11 is 1.65. The van der Waals surface area contributed by atoms with Crippen molar-refractivity contribution in [1.29, 1.82) is 21.0 Å². The fraction of sp³-hybridized carbons (Fsp3) is 0.478. The second-order valence-corrected chi connectivity index (χ2v) is 8.73. The topological polar surface area (TPSA) is 114 Å². The summed E-state index contributed by atoms with van der Waals surface area (Å²) in [4.78, 5) is 0. The van der Waals surface area contributed by atoms with E-state index in [4.69, 9.17) is 9.47 Å². The average Bonchev–Trinajstić information content (AvgIpc) is 2.79. The van der Waals surface area contributed by atoms with Crippen molar-refractivity contribution >= 4 is 11.8 Å². The first-order valence-electron chi connectivity index (χ1n) is 9.90. The molecule has 0 bridgehead atoms. The number of allylic oxidation sites excluding steroid dienone is 2. The van der Waals surface area contributed by atoms with Crippen LogP contribution in [0.3, 0.4) is 0 Å². The van der Waals surface area contributed by atoms with Crippen LogP contribution in [0.5, 0.6) is 0 Å². The maximum atomic E-state index is 10.2. The van der Waals surface area contributed by atoms with Gasteiger partial charge in [0, 0.05) is 18.8 Å². The van der Waals surface area contributed by atoms with Crippen LogP contribution in [0.1, 0.15) is 38.2 Å². The fourth-order valence-corrected chi connectivity index (χ4v) is 5.39. The number of fused-ring (bicyclic) bond motifs is 1. The van der Waals surface area contributed by atoms with Gasteiger partial charge in [0.1, 0.15) is 17.0 Å². The number of rotatable bonds is 5. The lowest BCUT2D eigenvalue weighted by Gasteiger charge is -2.49. The van der Waals surface area contributed by atoms with E-state index in [2.05, 4.69) is 12.1 Å². The maximum Gasteiger partial charge on any atom is 0.186 e. The molecule has 152 valence electrons. The van der Waals surface area contributed by atoms with Crippen LogP contribution in [0, 0.1) is 62.1 Å². The summed E-state index contributed by atoms with van der Waals surface area (Å²) in [5.74, 6) is 0.630. The number of thioether (sulfide) groups is 1. The number of hydrogen-bond donors (Lipinski definition) is 0. The highest BCUT2D eigenvalue weighted by atomic mass is 32.2. The first kappa shape index (κ1) is 21.6. The largest absolute Gasteiger partial charge is 0.495 e. The summed E-state index contributed by atoms with van der Waals surface area (Å²) in [6.07, 6.45) is 0.417. The van der Waals surface area contributed by atoms with Crippen LogP contribution in [0.2, 0.25) is 0 Å². The van der Waals surface area contributed by atoms with Gasteiger partial charge in [-0.1, -0.05) is 37.3 Å². The van der Waals surface area contributed by atoms with Crippen molar-refractivity contribution in [2.75, 3.05) is 12.4 Å². The third-order valence-electron chi connectivity index (χ3n) is 5.86. The zero-order chi connectivity index (χ0) is 21.8. The molecular formula is C23H22N4O2S. The molecule has 1 fully saturated rings. The zero-order valence-electron chi connectivity index (χ0n) is 17.0. The van der Waals surface area contributed by atoms with Gasteiger partial charge in [0.25, 0.3) is 0 Å². The van der Waals surface area contributed by atoms with E-state index in [1.807, 2.05) is 56.3 Å². The molecule has 3 rings (SSSR count). The van der Waals surface area contributed by atoms with E-state index in [9.17, 15) is 21.0 Å². The van der Waals surface area contributed by atoms with E-state index in [0.717, 1.165) is 11.3 Å². The molecule has 0 spiro atoms. The van der Waals surface area contributed by atoms with Crippen molar-refractivity contribution in [2.24, 2.45) is 16.7 Å². The monoisotopic (exact) mass is 418 g/mol. The molecule has 1 aromatic carbocycles. The van der Waals surface area contributed by atoms with Crippen LogP contribution in [-0.2, 0) is 9.47 Å². The molecule has 1 aliphatic heterocycles. The third-order valence-corrected chi connectivity index (χ3v) is 6.86. The van der Waals surface area contributed by atoms with Gasteiger partial charge in [0.2, 0.25) is 0 Å². The lowest BCUT2D eigenvalue weighted by molar-refractivity contribution is -0.00603. The summed E-state index contributed by atoms with van der Waals surface area (Å²) in [6, 6.07) is 17.8. The molecule has 1 aromatic rings. The summed E-state index contributed by atoms with van der Waals surface area (Å²) < 4.78 is 12.1. The van der Waals surface area contributed by atoms with Gasteiger partial charge in [-0.2, -0.15) is 21.0 Å². The van der Waals surface area contributed by atoms with Gasteiger partial charge in [-0.15, -0.1) is 11.8 Å². The number of hydrogen-bond acceptors (Lipinski definition) is 7. The Kier molecular flexibility index (Phi) is 6.26. The van der Waals surface area contributed by atoms with E-state index in [-0.39, 0.29) is 17.8 Å². The molecule has 1 heterocycles. The molecule has 1 saturated heterocycles. The van der Waals surface area contributed by atoms with Crippen molar-refractivity contribution in [2.45, 2.75) is 38.0 Å². The number of nitriles is 4. The molecule has 6 nitrogen and oxygen atoms in total. The highest BCUT2D eigenvalue weighted by Crippen LogP contribution is 2.62. The molecular weight excluding hydrogens is 396 g/mol. The standard InChI is InChI=1S/C23H22N4O2S/c1-3-28-18-11-22(12-24,13-25)23(14-26,15-27)20-17(16-8-6-5-7-9-16)10-19(30-4-2)29-21(18)20/h5-9,17,19-20H,3-4,10-11H2,1-2H3/t17-,19-,20-/m1/s1. The minimum atomic E-state index is -1.88. The molecule has 0 aromatic heterocycles. The Morgan fingerprint density at radius 3 is 2.27 bits per heavy atom. The third kappa shape index (κ3) is 3.17. The fourth-order valence-electron chi connectivity index (χ4n) is 4.51. The highest BCUT2D eigenvalue weighted by Gasteiger charge is 2.67. The van der Waals surface area contributed by atoms with Crippen LogP contribution in [0.25, 0.3) is 0 Å². The van der Waals surface area contributed by atoms with Crippen LogP contribution in [0.4, 0.5) is 0 Å². The molecule has 2 aliphatic rings. The van der Waals surface area contributed by atoms with E-state index in [0.29, 0.717) is 24.5 Å². The predicted molar refractivity (Wildman–Crippen MR) is 111 cm³/mol. The number of ether oxygens (including phenoxy) is 2. The molecule has 0 radical (unpaired) electrons. The molecule has 3 atom stereocenters. The SMILES string of the molecule is CCOC1=C2O[C@H](SCC)C[C@H](c3ccccc3)[C@H]2C(C#N)(C#N)C(C#N)(C#N)C1. The molecule has 1 aliphatic carbocycles. The van der Waals surface area contributed by atoms with Crippen molar-refractivity contribution in [3.63, 3.8) is 0 Å². The van der Waals surface area contributed by atoms with Gasteiger partial charge in [-0.05, 0) is 18.2 Å². The van der Waals surface area contributed by atoms with Crippen LogP contribution in [0.15, 0.2) is 41.9 Å². The van der Waals surface area contributed by atoms with E-state index in [1.165, 1.54) is 0 Å². The molecule has 0 amide bonds. The van der Waals surface area contributed by atoms with Crippen LogP contribution in [-0.4, -0.2) is 17.8 Å². The van der Waals surface area contributed by atoms with E-state index < -0.39 is 16.7 Å². The Morgan fingerprint density at radius 1 is 1.07 bits per heavy atom. The summed E-state index contributed by atoms with van der Waals surface area (Å²) in [6.45, 7) is 4.19. The van der Waals surface area contributed by atoms with Gasteiger partial charge in [-0.25, -0.2) is 0 Å². The summed E-state index contributed by atoms with van der Waals surface area (Å²) in [7, 11) is 0. The Balaban J connectivity index is 2.32. The van der Waals surface area contributed by atoms with Gasteiger partial charge in [0.15, 0.2) is 10.8 Å². The minimum absolute atomic E-state index is 0.147. The van der Waals surface area contributed by atoms with Crippen molar-refractivity contribution in [1.82, 2.24) is 0 Å². The van der Waals surface area contributed by atoms with Gasteiger partial charge in [-0.3, -0.25) is 0 Å². The second-order valence-electron chi connectivity index (χ2n) is 7.29. The Morgan fingerprint density at radius 2 is 1.73 bits per heavy atom. The Hall–Kier alpha value is -3.13. The zero-order valence-corrected chi connectivity index (χ0v) is 17.8. The molecule has 7 heteroatoms. The summed E-state index contributed by atoms with van der Waals surface area (Å²) in [5, 5.41) is 40.5. The molecule has 0 saturated carbocycles. The Bertz CT molecular complexity index is 965. The van der Waals surface area contributed by atoms with Crippen molar-refractivity contribution in [3.05, 3.63) is 47.4 Å². The lowest BCUT2D eigenvalue weighted by Crippen LogP contribution is -2.53. The van der Waals surface area contributed by atoms with Crippen molar-refractivity contribution in [3.8, 4) is 24.3 Å². The average molecular weight is 419 g/mol. The maximum absolute atomic E-state index is 10.2. The number of nitrogens with zero attached hydrogens (tertiary/aromatic N) is 4. The lowest BCUT2D eigenvalue weighted by atomic mass is 9.51. The van der Waals surface area contributed by atoms with Gasteiger partial charge >= 0.3 is 0 Å². The van der Waals surface area contributed by atoms with Crippen LogP contribution < -0.4 is 0 Å². The second kappa shape index (κ2) is 8.71. The van der Waals surface area contributed by atoms with Crippen molar-refractivity contribution < 1.29 is 9.47 Å². The van der Waals surface area contributed by atoms with Crippen LogP contribution >= 0.6 is 11.8 Å². The summed E-state index contributed by atoms with van der Waals surface area (Å²) in [5.41, 5.74) is -2.96.